The number of aromatic nitrogens is 5. The van der Waals surface area contributed by atoms with E-state index in [1.165, 1.54) is 11.3 Å². The van der Waals surface area contributed by atoms with Gasteiger partial charge in [-0.25, -0.2) is 18.0 Å². The molecule has 0 atom stereocenters. The summed E-state index contributed by atoms with van der Waals surface area (Å²) in [6.45, 7) is 12.1. The van der Waals surface area contributed by atoms with Gasteiger partial charge in [0.25, 0.3) is 11.8 Å². The molecule has 3 saturated heterocycles. The van der Waals surface area contributed by atoms with E-state index in [4.69, 9.17) is 14.3 Å². The number of piperidine rings is 3. The van der Waals surface area contributed by atoms with Gasteiger partial charge in [-0.15, -0.1) is 24.8 Å². The normalized spacial score (nSPS) is 16.9. The van der Waals surface area contributed by atoms with E-state index in [-0.39, 0.29) is 126 Å². The summed E-state index contributed by atoms with van der Waals surface area (Å²) >= 11 is 0. The summed E-state index contributed by atoms with van der Waals surface area (Å²) < 4.78 is 166. The van der Waals surface area contributed by atoms with Gasteiger partial charge in [0.1, 0.15) is 23.1 Å². The summed E-state index contributed by atoms with van der Waals surface area (Å²) in [5.74, 6) is -4.37. The number of rotatable bonds is 5. The number of H-pyrrole nitrogens is 3. The minimum atomic E-state index is -4.61. The van der Waals surface area contributed by atoms with Gasteiger partial charge < -0.3 is 40.4 Å². The molecular formula is C63H77Cl2F12N11O6. The molecule has 0 bridgehead atoms. The number of nitrogens with zero attached hydrogens (tertiary/aromatic N) is 5. The number of amides is 3. The molecule has 17 nitrogen and oxygen atoms in total. The topological polar surface area (TPSA) is 214 Å². The molecule has 0 spiro atoms. The average Bonchev–Trinajstić information content (AvgIpc) is 0.919. The number of hydrogen-bond donors (Lipinski definition) is 6. The third-order valence-corrected chi connectivity index (χ3v) is 16.8. The molecule has 94 heavy (non-hydrogen) atoms. The van der Waals surface area contributed by atoms with Crippen LogP contribution in [0.1, 0.15) is 168 Å². The van der Waals surface area contributed by atoms with Gasteiger partial charge >= 0.3 is 30.8 Å². The molecular weight excluding hydrogens is 1310 g/mol. The average molecular weight is 1380 g/mol. The third kappa shape index (κ3) is 18.9. The number of nitrogens with one attached hydrogen (secondary N) is 6. The highest BCUT2D eigenvalue weighted by molar-refractivity contribution is 5.94. The molecule has 0 unspecified atom stereocenters. The molecule has 0 saturated carbocycles. The fourth-order valence-corrected chi connectivity index (χ4v) is 12.4. The Morgan fingerprint density at radius 1 is 0.521 bits per heavy atom. The lowest BCUT2D eigenvalue weighted by molar-refractivity contribution is -0.191. The van der Waals surface area contributed by atoms with Crippen LogP contribution in [-0.2, 0) is 71.8 Å². The Morgan fingerprint density at radius 2 is 0.904 bits per heavy atom. The third-order valence-electron chi connectivity index (χ3n) is 16.8. The molecule has 0 radical (unpaired) electrons. The van der Waals surface area contributed by atoms with Crippen molar-refractivity contribution in [2.75, 3.05) is 58.9 Å². The number of alkyl halides is 9. The second-order valence-electron chi connectivity index (χ2n) is 23.9. The summed E-state index contributed by atoms with van der Waals surface area (Å²) in [7, 11) is 0. The van der Waals surface area contributed by atoms with Crippen molar-refractivity contribution in [3.05, 3.63) is 163 Å². The monoisotopic (exact) mass is 1380 g/mol. The number of halogens is 14. The van der Waals surface area contributed by atoms with Gasteiger partial charge in [-0.2, -0.15) is 59.3 Å². The Morgan fingerprint density at radius 3 is 1.28 bits per heavy atom. The zero-order chi connectivity index (χ0) is 66.7. The van der Waals surface area contributed by atoms with Crippen molar-refractivity contribution in [3.8, 4) is 0 Å². The Hall–Kier alpha value is -7.43. The molecule has 3 aromatic carbocycles. The van der Waals surface area contributed by atoms with Crippen molar-refractivity contribution in [3.63, 3.8) is 0 Å². The number of ether oxygens (including phenoxy) is 1. The van der Waals surface area contributed by atoms with Crippen LogP contribution in [0.5, 0.6) is 0 Å². The molecule has 0 aliphatic carbocycles. The van der Waals surface area contributed by atoms with Gasteiger partial charge in [0.2, 0.25) is 0 Å². The van der Waals surface area contributed by atoms with E-state index in [0.717, 1.165) is 116 Å². The second-order valence-corrected chi connectivity index (χ2v) is 23.9. The summed E-state index contributed by atoms with van der Waals surface area (Å²) in [4.78, 5) is 61.9. The van der Waals surface area contributed by atoms with Crippen LogP contribution in [0.15, 0.2) is 66.9 Å². The van der Waals surface area contributed by atoms with E-state index < -0.39 is 70.1 Å². The fraction of sp³-hybridized carbons (Fsp3) is 0.492. The lowest BCUT2D eigenvalue weighted by Crippen LogP contribution is -2.39. The number of aromatic amines is 3. The molecule has 3 aromatic heterocycles. The van der Waals surface area contributed by atoms with Gasteiger partial charge in [0, 0.05) is 132 Å². The van der Waals surface area contributed by atoms with Crippen molar-refractivity contribution in [1.29, 1.82) is 0 Å². The zero-order valence-electron chi connectivity index (χ0n) is 51.5. The minimum absolute atomic E-state index is 0. The Balaban J connectivity index is 0.000000272. The van der Waals surface area contributed by atoms with Crippen molar-refractivity contribution >= 4 is 48.9 Å². The Labute approximate surface area is 549 Å². The van der Waals surface area contributed by atoms with Crippen molar-refractivity contribution in [2.24, 2.45) is 0 Å². The predicted molar refractivity (Wildman–Crippen MR) is 328 cm³/mol. The molecule has 6 N–H and O–H groups in total. The molecule has 6 aromatic rings. The maximum atomic E-state index is 14.2. The van der Waals surface area contributed by atoms with Gasteiger partial charge in [0.05, 0.1) is 23.2 Å². The summed E-state index contributed by atoms with van der Waals surface area (Å²) in [6, 6.07) is 11.3. The minimum Gasteiger partial charge on any atom is -0.444 e. The molecule has 3 amide bonds. The zero-order valence-corrected chi connectivity index (χ0v) is 53.1. The molecule has 31 heteroatoms. The summed E-state index contributed by atoms with van der Waals surface area (Å²) in [5, 5.41) is 23.6. The maximum absolute atomic E-state index is 14.2. The highest BCUT2D eigenvalue weighted by atomic mass is 35.5. The first-order valence-electron chi connectivity index (χ1n) is 30.1. The van der Waals surface area contributed by atoms with Gasteiger partial charge in [-0.1, -0.05) is 18.2 Å². The van der Waals surface area contributed by atoms with E-state index in [1.807, 2.05) is 33.0 Å². The van der Waals surface area contributed by atoms with Crippen LogP contribution >= 0.6 is 24.8 Å². The standard InChI is InChI=1S/2C19H20F4N4O.C12H13F4N.C12H18N2O2.CO2.2ClH.2H2/c2*20-14-3-1-2-13(19(21,22)23)16(14)11-5-8-27(9-6-11)18(28)17-12-10-24-7-4-15(12)25-26-17;13-10-3-1-2-9(12(14,15)16)11(10)8-4-6-17-7-5-8;1-12(2,3)16-11(15)14-7-5-10-9(8-14)4-6-13-10;2-1-3;;;;/h2*1-3,11,24H,4-10H2,(H,25,26);1-3,8,17H,4-7H2;4,6,13H,5,7-8H2,1-3H3;;4*1H. The van der Waals surface area contributed by atoms with Crippen LogP contribution < -0.4 is 16.0 Å². The van der Waals surface area contributed by atoms with Crippen LogP contribution in [0.3, 0.4) is 0 Å². The molecule has 3 fully saturated rings. The van der Waals surface area contributed by atoms with Crippen LogP contribution in [0.4, 0.5) is 57.5 Å². The van der Waals surface area contributed by atoms with E-state index in [0.29, 0.717) is 57.0 Å². The quantitative estimate of drug-likeness (QED) is 0.0893. The SMILES string of the molecule is CC(C)(C)OC(=O)N1CCc2[nH]ccc2C1.Cl.Cl.Fc1cccc(C(F)(F)F)c1C1CCNCC1.O=C(c1n[nH]c2c1CNCC2)N1CCC(c2c(F)cccc2C(F)(F)F)CC1.O=C(c1n[nH]c2c1CNCC2)N1CCC(c2c(F)cccc2C(F)(F)F)CC1.O=C=O.[HH].[HH]. The van der Waals surface area contributed by atoms with Crippen LogP contribution in [0, 0.1) is 17.5 Å². The molecule has 9 heterocycles. The molecule has 6 aliphatic heterocycles. The van der Waals surface area contributed by atoms with E-state index in [9.17, 15) is 67.1 Å². The first-order valence-corrected chi connectivity index (χ1v) is 30.1. The number of carbonyl (C=O) groups excluding carboxylic acids is 5. The van der Waals surface area contributed by atoms with Crippen LogP contribution in [0.2, 0.25) is 0 Å². The van der Waals surface area contributed by atoms with Crippen LogP contribution in [-0.4, -0.2) is 129 Å². The maximum Gasteiger partial charge on any atom is 0.416 e. The first-order chi connectivity index (χ1) is 43.6. The predicted octanol–water partition coefficient (Wildman–Crippen LogP) is 12.8. The number of benzene rings is 3. The number of carbonyl (C=O) groups is 3. The smallest absolute Gasteiger partial charge is 0.416 e. The largest absolute Gasteiger partial charge is 0.444 e. The molecule has 12 rings (SSSR count). The van der Waals surface area contributed by atoms with Gasteiger partial charge in [-0.3, -0.25) is 19.8 Å². The first kappa shape index (κ1) is 75.6. The number of fused-ring (bicyclic) bond motifs is 3. The van der Waals surface area contributed by atoms with E-state index in [1.54, 1.807) is 14.7 Å². The van der Waals surface area contributed by atoms with Gasteiger partial charge in [0.15, 0.2) is 11.4 Å². The molecule has 518 valence electrons. The number of likely N-dealkylation sites (tertiary alicyclic amines) is 2. The Kier molecular flexibility index (Phi) is 26.4. The van der Waals surface area contributed by atoms with E-state index >= 15 is 0 Å². The second kappa shape index (κ2) is 32.8. The highest BCUT2D eigenvalue weighted by Gasteiger charge is 2.41. The van der Waals surface area contributed by atoms with Gasteiger partial charge in [-0.05, 0) is 138 Å². The number of hydrogen-bond acceptors (Lipinski definition) is 11. The summed E-state index contributed by atoms with van der Waals surface area (Å²) in [6.07, 6.45) is -7.13. The van der Waals surface area contributed by atoms with E-state index in [2.05, 4.69) is 41.3 Å². The summed E-state index contributed by atoms with van der Waals surface area (Å²) in [5.41, 5.74) is 2.90. The van der Waals surface area contributed by atoms with Crippen molar-refractivity contribution in [2.45, 2.75) is 140 Å². The van der Waals surface area contributed by atoms with Crippen LogP contribution in [0.25, 0.3) is 0 Å². The molecule has 6 aliphatic rings. The van der Waals surface area contributed by atoms with Crippen molar-refractivity contribution in [1.82, 2.24) is 56.0 Å². The lowest BCUT2D eigenvalue weighted by atomic mass is 9.85. The highest BCUT2D eigenvalue weighted by Crippen LogP contribution is 2.43. The Bertz CT molecular complexity index is 3410. The van der Waals surface area contributed by atoms with Crippen molar-refractivity contribution < 1.29 is 84.2 Å². The fourth-order valence-electron chi connectivity index (χ4n) is 12.4. The lowest BCUT2D eigenvalue weighted by Gasteiger charge is -2.33.